The van der Waals surface area contributed by atoms with Crippen LogP contribution in [-0.2, 0) is 4.74 Å². The maximum Gasteiger partial charge on any atom is 0.342 e. The molecule has 0 N–H and O–H groups in total. The number of carbonyl (C=O) groups excluding carboxylic acids is 1. The Morgan fingerprint density at radius 3 is 2.67 bits per heavy atom. The van der Waals surface area contributed by atoms with Gasteiger partial charge in [-0.25, -0.2) is 4.79 Å². The molecule has 0 unspecified atom stereocenters. The van der Waals surface area contributed by atoms with Crippen LogP contribution in [0.2, 0.25) is 0 Å². The van der Waals surface area contributed by atoms with Crippen LogP contribution in [-0.4, -0.2) is 5.97 Å². The molecule has 1 rings (SSSR count). The molecule has 0 amide bonds. The highest BCUT2D eigenvalue weighted by molar-refractivity contribution is 5.89. The summed E-state index contributed by atoms with van der Waals surface area (Å²) in [6.07, 6.45) is 7.88. The number of ether oxygens (including phenoxy) is 1. The maximum absolute atomic E-state index is 11.4. The highest BCUT2D eigenvalue weighted by Gasteiger charge is 2.02. The predicted octanol–water partition coefficient (Wildman–Crippen LogP) is 3.32. The van der Waals surface area contributed by atoms with Gasteiger partial charge in [0.1, 0.15) is 0 Å². The number of esters is 1. The summed E-state index contributed by atoms with van der Waals surface area (Å²) in [5.74, 6) is -0.336. The summed E-state index contributed by atoms with van der Waals surface area (Å²) in [6.45, 7) is 2.04. The van der Waals surface area contributed by atoms with Crippen molar-refractivity contribution in [2.45, 2.75) is 13.3 Å². The van der Waals surface area contributed by atoms with Gasteiger partial charge in [0.25, 0.3) is 0 Å². The SMILES string of the molecule is CCC=CC=COC(=O)c1ccccc1. The molecule has 0 atom stereocenters. The van der Waals surface area contributed by atoms with Crippen molar-refractivity contribution in [1.29, 1.82) is 0 Å². The summed E-state index contributed by atoms with van der Waals surface area (Å²) >= 11 is 0. The van der Waals surface area contributed by atoms with Crippen molar-refractivity contribution in [3.63, 3.8) is 0 Å². The van der Waals surface area contributed by atoms with Crippen molar-refractivity contribution >= 4 is 5.97 Å². The van der Waals surface area contributed by atoms with Crippen LogP contribution >= 0.6 is 0 Å². The fraction of sp³-hybridized carbons (Fsp3) is 0.154. The molecule has 15 heavy (non-hydrogen) atoms. The fourth-order valence-electron chi connectivity index (χ4n) is 1.00. The number of carbonyl (C=O) groups is 1. The van der Waals surface area contributed by atoms with E-state index in [4.69, 9.17) is 4.74 Å². The summed E-state index contributed by atoms with van der Waals surface area (Å²) in [5.41, 5.74) is 0.557. The first kappa shape index (κ1) is 11.2. The van der Waals surface area contributed by atoms with Gasteiger partial charge in [-0.2, -0.15) is 0 Å². The Bertz CT molecular complexity index is 350. The van der Waals surface area contributed by atoms with Gasteiger partial charge in [0.15, 0.2) is 0 Å². The third-order valence-corrected chi connectivity index (χ3v) is 1.75. The molecule has 0 aliphatic rings. The van der Waals surface area contributed by atoms with E-state index in [1.165, 1.54) is 6.26 Å². The lowest BCUT2D eigenvalue weighted by atomic mass is 10.2. The second-order valence-corrected chi connectivity index (χ2v) is 2.94. The van der Waals surface area contributed by atoms with Crippen LogP contribution < -0.4 is 0 Å². The number of allylic oxidation sites excluding steroid dienone is 3. The lowest BCUT2D eigenvalue weighted by Gasteiger charge is -1.97. The van der Waals surface area contributed by atoms with Crippen molar-refractivity contribution in [3.8, 4) is 0 Å². The molecule has 0 spiro atoms. The molecule has 1 aromatic rings. The summed E-state index contributed by atoms with van der Waals surface area (Å²) in [7, 11) is 0. The van der Waals surface area contributed by atoms with Gasteiger partial charge in [-0.1, -0.05) is 37.3 Å². The number of hydrogen-bond donors (Lipinski definition) is 0. The van der Waals surface area contributed by atoms with E-state index in [9.17, 15) is 4.79 Å². The summed E-state index contributed by atoms with van der Waals surface area (Å²) in [6, 6.07) is 8.90. The van der Waals surface area contributed by atoms with Crippen LogP contribution in [0.4, 0.5) is 0 Å². The van der Waals surface area contributed by atoms with Gasteiger partial charge in [0.05, 0.1) is 11.8 Å². The third-order valence-electron chi connectivity index (χ3n) is 1.75. The summed E-state index contributed by atoms with van der Waals surface area (Å²) < 4.78 is 4.90. The van der Waals surface area contributed by atoms with Crippen molar-refractivity contribution in [2.75, 3.05) is 0 Å². The molecule has 0 saturated heterocycles. The Morgan fingerprint density at radius 2 is 2.00 bits per heavy atom. The van der Waals surface area contributed by atoms with Crippen LogP contribution in [0.1, 0.15) is 23.7 Å². The molecule has 78 valence electrons. The van der Waals surface area contributed by atoms with Crippen LogP contribution in [0.15, 0.2) is 54.8 Å². The smallest absolute Gasteiger partial charge is 0.342 e. The first-order valence-corrected chi connectivity index (χ1v) is 4.92. The molecule has 0 saturated carbocycles. The van der Waals surface area contributed by atoms with Gasteiger partial charge < -0.3 is 4.74 Å². The zero-order valence-electron chi connectivity index (χ0n) is 8.72. The van der Waals surface area contributed by atoms with Gasteiger partial charge >= 0.3 is 5.97 Å². The average Bonchev–Trinajstić information content (AvgIpc) is 2.30. The van der Waals surface area contributed by atoms with E-state index in [0.29, 0.717) is 5.56 Å². The molecule has 0 aliphatic heterocycles. The minimum atomic E-state index is -0.336. The van der Waals surface area contributed by atoms with Crippen LogP contribution in [0.3, 0.4) is 0 Å². The van der Waals surface area contributed by atoms with Crippen molar-refractivity contribution in [1.82, 2.24) is 0 Å². The Hall–Kier alpha value is -1.83. The van der Waals surface area contributed by atoms with Crippen molar-refractivity contribution in [2.24, 2.45) is 0 Å². The zero-order valence-corrected chi connectivity index (χ0v) is 8.72. The Labute approximate surface area is 89.9 Å². The standard InChI is InChI=1S/C13H14O2/c1-2-3-4-8-11-15-13(14)12-9-6-5-7-10-12/h3-11H,2H2,1H3. The third kappa shape index (κ3) is 4.27. The van der Waals surface area contributed by atoms with E-state index in [0.717, 1.165) is 6.42 Å². The molecule has 0 aromatic heterocycles. The lowest BCUT2D eigenvalue weighted by Crippen LogP contribution is -1.99. The average molecular weight is 202 g/mol. The lowest BCUT2D eigenvalue weighted by molar-refractivity contribution is 0.0663. The van der Waals surface area contributed by atoms with Gasteiger partial charge in [-0.05, 0) is 24.6 Å². The molecule has 1 aromatic carbocycles. The minimum absolute atomic E-state index is 0.336. The number of benzene rings is 1. The van der Waals surface area contributed by atoms with E-state index in [-0.39, 0.29) is 5.97 Å². The van der Waals surface area contributed by atoms with Gasteiger partial charge in [-0.3, -0.25) is 0 Å². The van der Waals surface area contributed by atoms with E-state index in [1.807, 2.05) is 25.1 Å². The molecule has 0 radical (unpaired) electrons. The second-order valence-electron chi connectivity index (χ2n) is 2.94. The zero-order chi connectivity index (χ0) is 10.9. The number of rotatable bonds is 4. The normalized spacial score (nSPS) is 11.0. The van der Waals surface area contributed by atoms with E-state index >= 15 is 0 Å². The molecular weight excluding hydrogens is 188 g/mol. The quantitative estimate of drug-likeness (QED) is 0.425. The van der Waals surface area contributed by atoms with Crippen LogP contribution in [0.25, 0.3) is 0 Å². The maximum atomic E-state index is 11.4. The van der Waals surface area contributed by atoms with E-state index < -0.39 is 0 Å². The Morgan fingerprint density at radius 1 is 1.27 bits per heavy atom. The van der Waals surface area contributed by atoms with Gasteiger partial charge in [0.2, 0.25) is 0 Å². The molecule has 2 nitrogen and oxygen atoms in total. The Balaban J connectivity index is 2.44. The topological polar surface area (TPSA) is 26.3 Å². The predicted molar refractivity (Wildman–Crippen MR) is 60.4 cm³/mol. The molecular formula is C13H14O2. The minimum Gasteiger partial charge on any atom is -0.431 e. The first-order chi connectivity index (χ1) is 7.34. The van der Waals surface area contributed by atoms with Crippen LogP contribution in [0.5, 0.6) is 0 Å². The van der Waals surface area contributed by atoms with E-state index in [1.54, 1.807) is 30.3 Å². The molecule has 0 aliphatic carbocycles. The van der Waals surface area contributed by atoms with Crippen molar-refractivity contribution < 1.29 is 9.53 Å². The first-order valence-electron chi connectivity index (χ1n) is 4.92. The monoisotopic (exact) mass is 202 g/mol. The molecule has 0 bridgehead atoms. The summed E-state index contributed by atoms with van der Waals surface area (Å²) in [5, 5.41) is 0. The fourth-order valence-corrected chi connectivity index (χ4v) is 1.00. The second kappa shape index (κ2) is 6.60. The summed E-state index contributed by atoms with van der Waals surface area (Å²) in [4.78, 5) is 11.4. The highest BCUT2D eigenvalue weighted by Crippen LogP contribution is 2.01. The van der Waals surface area contributed by atoms with Gasteiger partial charge in [-0.15, -0.1) is 0 Å². The Kier molecular flexibility index (Phi) is 4.95. The molecule has 2 heteroatoms. The number of hydrogen-bond acceptors (Lipinski definition) is 2. The molecule has 0 fully saturated rings. The molecule has 0 heterocycles. The van der Waals surface area contributed by atoms with E-state index in [2.05, 4.69) is 0 Å². The largest absolute Gasteiger partial charge is 0.431 e. The van der Waals surface area contributed by atoms with Crippen molar-refractivity contribution in [3.05, 3.63) is 60.4 Å². The van der Waals surface area contributed by atoms with Gasteiger partial charge in [0, 0.05) is 0 Å². The highest BCUT2D eigenvalue weighted by atomic mass is 16.5. The van der Waals surface area contributed by atoms with Crippen LogP contribution in [0, 0.1) is 0 Å².